The third kappa shape index (κ3) is 5.67. The molecule has 1 aromatic heterocycles. The van der Waals surface area contributed by atoms with Crippen molar-refractivity contribution in [2.24, 2.45) is 5.92 Å². The number of nitrogens with one attached hydrogen (secondary N) is 3. The summed E-state index contributed by atoms with van der Waals surface area (Å²) in [5, 5.41) is 15.9. The zero-order chi connectivity index (χ0) is 19.2. The molecule has 10 nitrogen and oxygen atoms in total. The van der Waals surface area contributed by atoms with Crippen LogP contribution in [0.2, 0.25) is 0 Å². The fraction of sp³-hybridized carbons (Fsp3) is 0.688. The van der Waals surface area contributed by atoms with E-state index >= 15 is 0 Å². The highest BCUT2D eigenvalue weighted by molar-refractivity contribution is 7.99. The molecule has 1 aromatic rings. The Balaban J connectivity index is 1.38. The highest BCUT2D eigenvalue weighted by Crippen LogP contribution is 2.20. The van der Waals surface area contributed by atoms with Crippen molar-refractivity contribution in [3.63, 3.8) is 0 Å². The number of carbonyl (C=O) groups excluding carboxylic acids is 3. The van der Waals surface area contributed by atoms with Crippen molar-refractivity contribution in [1.29, 1.82) is 0 Å². The van der Waals surface area contributed by atoms with Gasteiger partial charge in [0.05, 0.1) is 17.8 Å². The van der Waals surface area contributed by atoms with Gasteiger partial charge in [-0.3, -0.25) is 14.9 Å². The van der Waals surface area contributed by atoms with E-state index < -0.39 is 6.03 Å². The summed E-state index contributed by atoms with van der Waals surface area (Å²) < 4.78 is 11.0. The second-order valence-corrected chi connectivity index (χ2v) is 7.51. The van der Waals surface area contributed by atoms with Crippen LogP contribution in [0.3, 0.4) is 0 Å². The molecule has 0 aliphatic carbocycles. The van der Waals surface area contributed by atoms with E-state index in [0.717, 1.165) is 19.4 Å². The van der Waals surface area contributed by atoms with Crippen molar-refractivity contribution in [1.82, 2.24) is 26.1 Å². The molecule has 2 saturated heterocycles. The molecule has 3 N–H and O–H groups in total. The first-order valence-electron chi connectivity index (χ1n) is 8.96. The summed E-state index contributed by atoms with van der Waals surface area (Å²) in [6, 6.07) is -0.728. The largest absolute Gasteiger partial charge is 0.416 e. The average molecular weight is 397 g/mol. The van der Waals surface area contributed by atoms with Crippen LogP contribution in [0.1, 0.15) is 32.1 Å². The molecule has 0 aromatic carbocycles. The summed E-state index contributed by atoms with van der Waals surface area (Å²) in [4.78, 5) is 35.0. The minimum absolute atomic E-state index is 0.109. The molecule has 3 unspecified atom stereocenters. The molecule has 27 heavy (non-hydrogen) atoms. The number of nitrogens with zero attached hydrogens (tertiary/aromatic N) is 2. The van der Waals surface area contributed by atoms with Gasteiger partial charge in [0.25, 0.3) is 5.22 Å². The Morgan fingerprint density at radius 1 is 1.37 bits per heavy atom. The highest BCUT2D eigenvalue weighted by Gasteiger charge is 2.32. The first-order valence-corrected chi connectivity index (χ1v) is 9.94. The van der Waals surface area contributed by atoms with E-state index in [2.05, 4.69) is 26.1 Å². The lowest BCUT2D eigenvalue weighted by Gasteiger charge is -2.28. The average Bonchev–Trinajstić information content (AvgIpc) is 3.29. The summed E-state index contributed by atoms with van der Waals surface area (Å²) in [5.41, 5.74) is 0. The molecule has 11 heteroatoms. The molecule has 4 amide bonds. The standard InChI is InChI=1S/C16H23N5O5S/c1-9-11(14(23)19-15(24)18-9)4-5-13-20-21-16(26-13)27-8-12(22)17-7-10-3-2-6-25-10/h9-11H,2-8H2,1H3,(H,17,22)(H2,18,19,23,24). The van der Waals surface area contributed by atoms with Crippen molar-refractivity contribution in [3.8, 4) is 0 Å². The predicted octanol–water partition coefficient (Wildman–Crippen LogP) is 0.234. The number of imide groups is 1. The van der Waals surface area contributed by atoms with Crippen LogP contribution in [0.15, 0.2) is 9.64 Å². The number of hydrogen-bond acceptors (Lipinski definition) is 8. The molecule has 2 aliphatic rings. The van der Waals surface area contributed by atoms with Gasteiger partial charge in [0.1, 0.15) is 0 Å². The van der Waals surface area contributed by atoms with Gasteiger partial charge in [-0.2, -0.15) is 0 Å². The molecule has 2 fully saturated rings. The number of aryl methyl sites for hydroxylation is 1. The lowest BCUT2D eigenvalue weighted by molar-refractivity contribution is -0.125. The first-order chi connectivity index (χ1) is 13.0. The summed E-state index contributed by atoms with van der Waals surface area (Å²) >= 11 is 1.17. The van der Waals surface area contributed by atoms with E-state index in [-0.39, 0.29) is 35.6 Å². The normalized spacial score (nSPS) is 25.1. The second kappa shape index (κ2) is 9.18. The fourth-order valence-corrected chi connectivity index (χ4v) is 3.65. The lowest BCUT2D eigenvalue weighted by Crippen LogP contribution is -2.57. The summed E-state index contributed by atoms with van der Waals surface area (Å²) in [6.45, 7) is 3.06. The number of rotatable bonds is 8. The quantitative estimate of drug-likeness (QED) is 0.531. The Morgan fingerprint density at radius 3 is 2.96 bits per heavy atom. The maximum atomic E-state index is 11.9. The van der Waals surface area contributed by atoms with Crippen molar-refractivity contribution in [2.75, 3.05) is 18.9 Å². The van der Waals surface area contributed by atoms with E-state index in [4.69, 9.17) is 9.15 Å². The zero-order valence-corrected chi connectivity index (χ0v) is 15.8. The highest BCUT2D eigenvalue weighted by atomic mass is 32.2. The van der Waals surface area contributed by atoms with Gasteiger partial charge in [-0.05, 0) is 26.2 Å². The Labute approximate surface area is 160 Å². The number of aromatic nitrogens is 2. The maximum Gasteiger partial charge on any atom is 0.321 e. The van der Waals surface area contributed by atoms with E-state index in [1.165, 1.54) is 11.8 Å². The van der Waals surface area contributed by atoms with Gasteiger partial charge < -0.3 is 19.8 Å². The first kappa shape index (κ1) is 19.6. The van der Waals surface area contributed by atoms with Gasteiger partial charge in [0.15, 0.2) is 0 Å². The number of thioether (sulfide) groups is 1. The maximum absolute atomic E-state index is 11.9. The Morgan fingerprint density at radius 2 is 2.22 bits per heavy atom. The number of urea groups is 1. The predicted molar refractivity (Wildman–Crippen MR) is 95.0 cm³/mol. The van der Waals surface area contributed by atoms with Gasteiger partial charge in [0.2, 0.25) is 17.7 Å². The second-order valence-electron chi connectivity index (χ2n) is 6.59. The molecule has 0 spiro atoms. The van der Waals surface area contributed by atoms with Crippen LogP contribution in [0.25, 0.3) is 0 Å². The minimum atomic E-state index is -0.474. The van der Waals surface area contributed by atoms with Crippen LogP contribution in [-0.2, 0) is 20.7 Å². The third-order valence-electron chi connectivity index (χ3n) is 4.53. The number of hydrogen-bond donors (Lipinski definition) is 3. The van der Waals surface area contributed by atoms with Crippen LogP contribution in [-0.4, -0.2) is 59.1 Å². The van der Waals surface area contributed by atoms with Crippen molar-refractivity contribution >= 4 is 29.6 Å². The van der Waals surface area contributed by atoms with E-state index in [0.29, 0.717) is 30.5 Å². The Kier molecular flexibility index (Phi) is 6.67. The topological polar surface area (TPSA) is 135 Å². The number of carbonyl (C=O) groups is 3. The summed E-state index contributed by atoms with van der Waals surface area (Å²) in [6.07, 6.45) is 3.01. The molecule has 3 atom stereocenters. The summed E-state index contributed by atoms with van der Waals surface area (Å²) in [5.74, 6) is -0.187. The Hall–Kier alpha value is -2.14. The molecular weight excluding hydrogens is 374 g/mol. The Bertz CT molecular complexity index is 690. The van der Waals surface area contributed by atoms with Gasteiger partial charge >= 0.3 is 6.03 Å². The molecule has 0 saturated carbocycles. The van der Waals surface area contributed by atoms with Crippen LogP contribution < -0.4 is 16.0 Å². The molecule has 148 valence electrons. The van der Waals surface area contributed by atoms with Crippen molar-refractivity contribution in [3.05, 3.63) is 5.89 Å². The number of ether oxygens (including phenoxy) is 1. The van der Waals surface area contributed by atoms with Crippen molar-refractivity contribution in [2.45, 2.75) is 50.0 Å². The van der Waals surface area contributed by atoms with Gasteiger partial charge in [-0.1, -0.05) is 11.8 Å². The molecule has 0 radical (unpaired) electrons. The molecule has 3 rings (SSSR count). The zero-order valence-electron chi connectivity index (χ0n) is 15.0. The lowest BCUT2D eigenvalue weighted by atomic mass is 9.93. The smallest absolute Gasteiger partial charge is 0.321 e. The fourth-order valence-electron chi connectivity index (χ4n) is 3.04. The molecule has 3 heterocycles. The third-order valence-corrected chi connectivity index (χ3v) is 5.35. The van der Waals surface area contributed by atoms with Gasteiger partial charge in [-0.25, -0.2) is 4.79 Å². The molecule has 0 bridgehead atoms. The van der Waals surface area contributed by atoms with E-state index in [1.807, 2.05) is 0 Å². The number of amides is 4. The van der Waals surface area contributed by atoms with E-state index in [1.54, 1.807) is 6.92 Å². The van der Waals surface area contributed by atoms with Gasteiger partial charge in [-0.15, -0.1) is 10.2 Å². The van der Waals surface area contributed by atoms with Crippen LogP contribution in [0.4, 0.5) is 4.79 Å². The van der Waals surface area contributed by atoms with Crippen LogP contribution >= 0.6 is 11.8 Å². The van der Waals surface area contributed by atoms with E-state index in [9.17, 15) is 14.4 Å². The van der Waals surface area contributed by atoms with Crippen LogP contribution in [0, 0.1) is 5.92 Å². The molecule has 2 aliphatic heterocycles. The summed E-state index contributed by atoms with van der Waals surface area (Å²) in [7, 11) is 0. The minimum Gasteiger partial charge on any atom is -0.416 e. The monoisotopic (exact) mass is 397 g/mol. The van der Waals surface area contributed by atoms with Crippen molar-refractivity contribution < 1.29 is 23.5 Å². The SMILES string of the molecule is CC1NC(=O)NC(=O)C1CCc1nnc(SCC(=O)NCC2CCCO2)o1. The van der Waals surface area contributed by atoms with Crippen LogP contribution in [0.5, 0.6) is 0 Å². The molecular formula is C16H23N5O5S. The van der Waals surface area contributed by atoms with Gasteiger partial charge in [0, 0.05) is 25.6 Å².